The van der Waals surface area contributed by atoms with Gasteiger partial charge in [-0.3, -0.25) is 9.59 Å². The molecule has 1 aliphatic carbocycles. The van der Waals surface area contributed by atoms with Gasteiger partial charge in [-0.2, -0.15) is 0 Å². The minimum absolute atomic E-state index is 0.0253. The first-order valence-electron chi connectivity index (χ1n) is 7.72. The molecule has 0 spiro atoms. The average Bonchev–Trinajstić information content (AvgIpc) is 3.23. The molecule has 1 aromatic carbocycles. The van der Waals surface area contributed by atoms with Crippen LogP contribution in [-0.4, -0.2) is 24.4 Å². The molecule has 1 heterocycles. The monoisotopic (exact) mass is 286 g/mol. The second kappa shape index (κ2) is 5.51. The van der Waals surface area contributed by atoms with E-state index in [0.29, 0.717) is 18.9 Å². The minimum Gasteiger partial charge on any atom is -0.353 e. The predicted molar refractivity (Wildman–Crippen MR) is 82.0 cm³/mol. The van der Waals surface area contributed by atoms with Gasteiger partial charge in [-0.15, -0.1) is 0 Å². The Morgan fingerprint density at radius 1 is 1.29 bits per heavy atom. The highest BCUT2D eigenvalue weighted by Gasteiger charge is 2.37. The molecule has 1 saturated carbocycles. The first-order chi connectivity index (χ1) is 10.0. The zero-order valence-corrected chi connectivity index (χ0v) is 12.6. The molecule has 0 radical (unpaired) electrons. The Bertz CT molecular complexity index is 548. The van der Waals surface area contributed by atoms with Crippen molar-refractivity contribution < 1.29 is 9.59 Å². The van der Waals surface area contributed by atoms with Crippen molar-refractivity contribution in [2.45, 2.75) is 39.2 Å². The largest absolute Gasteiger partial charge is 0.353 e. The van der Waals surface area contributed by atoms with E-state index in [-0.39, 0.29) is 23.8 Å². The van der Waals surface area contributed by atoms with Gasteiger partial charge in [0.25, 0.3) is 0 Å². The van der Waals surface area contributed by atoms with Crippen molar-refractivity contribution in [2.75, 3.05) is 11.4 Å². The molecule has 1 aliphatic heterocycles. The van der Waals surface area contributed by atoms with Gasteiger partial charge in [0.2, 0.25) is 11.8 Å². The fraction of sp³-hybridized carbons (Fsp3) is 0.529. The van der Waals surface area contributed by atoms with Gasteiger partial charge in [-0.1, -0.05) is 17.7 Å². The lowest BCUT2D eigenvalue weighted by molar-refractivity contribution is -0.126. The summed E-state index contributed by atoms with van der Waals surface area (Å²) < 4.78 is 0. The van der Waals surface area contributed by atoms with Crippen LogP contribution < -0.4 is 10.2 Å². The van der Waals surface area contributed by atoms with E-state index >= 15 is 0 Å². The summed E-state index contributed by atoms with van der Waals surface area (Å²) in [5, 5.41) is 3.07. The number of hydrogen-bond donors (Lipinski definition) is 1. The summed E-state index contributed by atoms with van der Waals surface area (Å²) in [6, 6.07) is 8.11. The summed E-state index contributed by atoms with van der Waals surface area (Å²) in [4.78, 5) is 26.2. The van der Waals surface area contributed by atoms with E-state index in [2.05, 4.69) is 12.2 Å². The zero-order valence-electron chi connectivity index (χ0n) is 12.6. The third-order valence-corrected chi connectivity index (χ3v) is 4.54. The number of carbonyl (C=O) groups is 2. The first kappa shape index (κ1) is 14.1. The molecule has 4 nitrogen and oxygen atoms in total. The molecule has 3 rings (SSSR count). The van der Waals surface area contributed by atoms with E-state index in [1.54, 1.807) is 4.90 Å². The smallest absolute Gasteiger partial charge is 0.227 e. The Balaban J connectivity index is 1.63. The molecule has 2 amide bonds. The van der Waals surface area contributed by atoms with Gasteiger partial charge < -0.3 is 10.2 Å². The Morgan fingerprint density at radius 2 is 1.95 bits per heavy atom. The maximum Gasteiger partial charge on any atom is 0.227 e. The number of benzene rings is 1. The van der Waals surface area contributed by atoms with Crippen LogP contribution in [0.25, 0.3) is 0 Å². The van der Waals surface area contributed by atoms with E-state index < -0.39 is 0 Å². The van der Waals surface area contributed by atoms with Gasteiger partial charge in [-0.25, -0.2) is 0 Å². The lowest BCUT2D eigenvalue weighted by Crippen LogP contribution is -2.39. The second-order valence-electron chi connectivity index (χ2n) is 6.38. The second-order valence-corrected chi connectivity index (χ2v) is 6.38. The first-order valence-corrected chi connectivity index (χ1v) is 7.72. The molecule has 1 saturated heterocycles. The van der Waals surface area contributed by atoms with E-state index in [4.69, 9.17) is 0 Å². The van der Waals surface area contributed by atoms with Crippen LogP contribution in [0.4, 0.5) is 5.69 Å². The Hall–Kier alpha value is -1.84. The third-order valence-electron chi connectivity index (χ3n) is 4.54. The van der Waals surface area contributed by atoms with Crippen LogP contribution in [0.15, 0.2) is 24.3 Å². The quantitative estimate of drug-likeness (QED) is 0.923. The minimum atomic E-state index is -0.222. The summed E-state index contributed by atoms with van der Waals surface area (Å²) in [7, 11) is 0. The molecule has 2 unspecified atom stereocenters. The Labute approximate surface area is 125 Å². The number of nitrogens with zero attached hydrogens (tertiary/aromatic N) is 1. The SMILES string of the molecule is Cc1ccc(N2CC(C(=O)NC(C)C3CC3)CC2=O)cc1. The molecule has 4 heteroatoms. The number of amides is 2. The molecule has 1 aromatic rings. The highest BCUT2D eigenvalue weighted by molar-refractivity contribution is 6.00. The number of rotatable bonds is 4. The number of hydrogen-bond acceptors (Lipinski definition) is 2. The van der Waals surface area contributed by atoms with Crippen molar-refractivity contribution >= 4 is 17.5 Å². The third kappa shape index (κ3) is 3.09. The molecule has 112 valence electrons. The lowest BCUT2D eigenvalue weighted by Gasteiger charge is -2.18. The van der Waals surface area contributed by atoms with E-state index in [1.165, 1.54) is 12.8 Å². The van der Waals surface area contributed by atoms with Crippen LogP contribution in [0.1, 0.15) is 31.7 Å². The van der Waals surface area contributed by atoms with Crippen molar-refractivity contribution in [2.24, 2.45) is 11.8 Å². The van der Waals surface area contributed by atoms with Gasteiger partial charge >= 0.3 is 0 Å². The van der Waals surface area contributed by atoms with Crippen molar-refractivity contribution in [1.29, 1.82) is 0 Å². The Morgan fingerprint density at radius 3 is 2.57 bits per heavy atom. The van der Waals surface area contributed by atoms with E-state index in [1.807, 2.05) is 31.2 Å². The molecular formula is C17H22N2O2. The van der Waals surface area contributed by atoms with Crippen LogP contribution in [0.5, 0.6) is 0 Å². The van der Waals surface area contributed by atoms with Gasteiger partial charge in [0.15, 0.2) is 0 Å². The number of anilines is 1. The van der Waals surface area contributed by atoms with Crippen LogP contribution in [-0.2, 0) is 9.59 Å². The highest BCUT2D eigenvalue weighted by Crippen LogP contribution is 2.33. The van der Waals surface area contributed by atoms with Gasteiger partial charge in [0.1, 0.15) is 0 Å². The van der Waals surface area contributed by atoms with Gasteiger partial charge in [-0.05, 0) is 44.7 Å². The van der Waals surface area contributed by atoms with Crippen LogP contribution in [0.3, 0.4) is 0 Å². The highest BCUT2D eigenvalue weighted by atomic mass is 16.2. The molecule has 2 aliphatic rings. The molecule has 21 heavy (non-hydrogen) atoms. The Kier molecular flexibility index (Phi) is 3.70. The van der Waals surface area contributed by atoms with E-state index in [0.717, 1.165) is 11.3 Å². The van der Waals surface area contributed by atoms with Crippen molar-refractivity contribution in [3.05, 3.63) is 29.8 Å². The van der Waals surface area contributed by atoms with Crippen molar-refractivity contribution in [3.63, 3.8) is 0 Å². The lowest BCUT2D eigenvalue weighted by atomic mass is 10.1. The standard InChI is InChI=1S/C17H22N2O2/c1-11-3-7-15(8-4-11)19-10-14(9-16(19)20)17(21)18-12(2)13-5-6-13/h3-4,7-8,12-14H,5-6,9-10H2,1-2H3,(H,18,21). The van der Waals surface area contributed by atoms with Gasteiger partial charge in [0, 0.05) is 24.7 Å². The molecule has 0 aromatic heterocycles. The fourth-order valence-corrected chi connectivity index (χ4v) is 2.91. The summed E-state index contributed by atoms with van der Waals surface area (Å²) >= 11 is 0. The number of aryl methyl sites for hydroxylation is 1. The zero-order chi connectivity index (χ0) is 15.0. The topological polar surface area (TPSA) is 49.4 Å². The van der Waals surface area contributed by atoms with Crippen LogP contribution >= 0.6 is 0 Å². The summed E-state index contributed by atoms with van der Waals surface area (Å²) in [6.45, 7) is 4.57. The molecule has 2 fully saturated rings. The summed E-state index contributed by atoms with van der Waals surface area (Å²) in [5.74, 6) is 0.481. The number of carbonyl (C=O) groups excluding carboxylic acids is 2. The maximum absolute atomic E-state index is 12.3. The number of nitrogens with one attached hydrogen (secondary N) is 1. The summed E-state index contributed by atoms with van der Waals surface area (Å²) in [5.41, 5.74) is 2.05. The van der Waals surface area contributed by atoms with Gasteiger partial charge in [0.05, 0.1) is 5.92 Å². The summed E-state index contributed by atoms with van der Waals surface area (Å²) in [6.07, 6.45) is 2.73. The van der Waals surface area contributed by atoms with Crippen molar-refractivity contribution in [3.8, 4) is 0 Å². The molecular weight excluding hydrogens is 264 g/mol. The molecule has 0 bridgehead atoms. The maximum atomic E-state index is 12.3. The van der Waals surface area contributed by atoms with Crippen LogP contribution in [0, 0.1) is 18.8 Å². The van der Waals surface area contributed by atoms with Crippen molar-refractivity contribution in [1.82, 2.24) is 5.32 Å². The fourth-order valence-electron chi connectivity index (χ4n) is 2.91. The predicted octanol–water partition coefficient (Wildman–Crippen LogP) is 2.26. The normalized spacial score (nSPS) is 23.2. The molecule has 1 N–H and O–H groups in total. The van der Waals surface area contributed by atoms with Crippen LogP contribution in [0.2, 0.25) is 0 Å². The molecule has 2 atom stereocenters. The van der Waals surface area contributed by atoms with E-state index in [9.17, 15) is 9.59 Å². The average molecular weight is 286 g/mol.